The van der Waals surface area contributed by atoms with E-state index in [2.05, 4.69) is 0 Å². The molecule has 3 aromatic carbocycles. The van der Waals surface area contributed by atoms with E-state index >= 15 is 0 Å². The van der Waals surface area contributed by atoms with E-state index in [4.69, 9.17) is 0 Å². The van der Waals surface area contributed by atoms with Gasteiger partial charge in [-0.25, -0.2) is 0 Å². The lowest BCUT2D eigenvalue weighted by molar-refractivity contribution is -0.127. The van der Waals surface area contributed by atoms with Crippen LogP contribution in [0.15, 0.2) is 78.9 Å². The number of benzene rings is 3. The zero-order chi connectivity index (χ0) is 21.9. The normalized spacial score (nSPS) is 26.2. The van der Waals surface area contributed by atoms with Gasteiger partial charge in [-0.3, -0.25) is 9.59 Å². The van der Waals surface area contributed by atoms with Crippen molar-refractivity contribution in [2.24, 2.45) is 0 Å². The molecule has 160 valence electrons. The molecule has 1 saturated heterocycles. The summed E-state index contributed by atoms with van der Waals surface area (Å²) in [6.45, 7) is 0.491. The van der Waals surface area contributed by atoms with E-state index in [1.54, 1.807) is 28.4 Å². The summed E-state index contributed by atoms with van der Waals surface area (Å²) in [6, 6.07) is 26.1. The molecule has 32 heavy (non-hydrogen) atoms. The molecule has 0 unspecified atom stereocenters. The summed E-state index contributed by atoms with van der Waals surface area (Å²) in [7, 11) is 1.83. The average molecular weight is 459 g/mol. The highest BCUT2D eigenvalue weighted by Gasteiger charge is 2.72. The zero-order valence-corrected chi connectivity index (χ0v) is 19.3. The van der Waals surface area contributed by atoms with E-state index in [9.17, 15) is 9.59 Å². The molecule has 3 aliphatic heterocycles. The number of thioether (sulfide) groups is 2. The number of rotatable bonds is 2. The molecule has 2 amide bonds. The van der Waals surface area contributed by atoms with Crippen LogP contribution in [0, 0.1) is 0 Å². The fraction of sp³-hybridized carbons (Fsp3) is 0.231. The molecular formula is C26H22N2O2S2. The maximum absolute atomic E-state index is 14.5. The molecule has 0 aliphatic carbocycles. The number of carbonyl (C=O) groups is 2. The van der Waals surface area contributed by atoms with E-state index in [1.807, 2.05) is 90.8 Å². The van der Waals surface area contributed by atoms with Gasteiger partial charge in [0.2, 0.25) is 5.91 Å². The predicted molar refractivity (Wildman–Crippen MR) is 132 cm³/mol. The molecule has 6 heteroatoms. The van der Waals surface area contributed by atoms with Gasteiger partial charge in [0.05, 0.1) is 6.54 Å². The predicted octanol–water partition coefficient (Wildman–Crippen LogP) is 4.78. The Hall–Kier alpha value is -2.70. The van der Waals surface area contributed by atoms with E-state index < -0.39 is 9.49 Å². The largest absolute Gasteiger partial charge is 0.314 e. The van der Waals surface area contributed by atoms with Gasteiger partial charge >= 0.3 is 0 Å². The van der Waals surface area contributed by atoms with Crippen LogP contribution in [-0.4, -0.2) is 30.4 Å². The SMILES string of the molecule is CN1C(=O)[C@]2(SCCS[C@]23C(=O)N(Cc2ccccc2)c2ccccc23)c2ccccc21. The van der Waals surface area contributed by atoms with Crippen LogP contribution in [0.4, 0.5) is 11.4 Å². The summed E-state index contributed by atoms with van der Waals surface area (Å²) in [5, 5.41) is 0. The minimum Gasteiger partial charge on any atom is -0.314 e. The number of hydrogen-bond acceptors (Lipinski definition) is 4. The lowest BCUT2D eigenvalue weighted by Gasteiger charge is -2.46. The Labute approximate surface area is 196 Å². The number of nitrogens with zero attached hydrogens (tertiary/aromatic N) is 2. The van der Waals surface area contributed by atoms with Gasteiger partial charge in [-0.15, -0.1) is 23.5 Å². The Kier molecular flexibility index (Phi) is 4.46. The van der Waals surface area contributed by atoms with Gasteiger partial charge < -0.3 is 9.80 Å². The Morgan fingerprint density at radius 2 is 1.25 bits per heavy atom. The van der Waals surface area contributed by atoms with Crippen LogP contribution in [0.25, 0.3) is 0 Å². The molecule has 0 aromatic heterocycles. The topological polar surface area (TPSA) is 40.6 Å². The highest BCUT2D eigenvalue weighted by Crippen LogP contribution is 2.69. The molecule has 0 bridgehead atoms. The molecule has 2 atom stereocenters. The quantitative estimate of drug-likeness (QED) is 0.554. The van der Waals surface area contributed by atoms with Crippen molar-refractivity contribution in [2.45, 2.75) is 16.0 Å². The summed E-state index contributed by atoms with van der Waals surface area (Å²) in [5.41, 5.74) is 4.80. The van der Waals surface area contributed by atoms with Crippen molar-refractivity contribution in [1.29, 1.82) is 0 Å². The molecular weight excluding hydrogens is 436 g/mol. The smallest absolute Gasteiger partial charge is 0.250 e. The Balaban J connectivity index is 1.60. The average Bonchev–Trinajstić information content (AvgIpc) is 3.20. The third-order valence-corrected chi connectivity index (χ3v) is 10.2. The first kappa shape index (κ1) is 19.9. The lowest BCUT2D eigenvalue weighted by Crippen LogP contribution is -2.58. The number of likely N-dealkylation sites (N-methyl/N-ethyl adjacent to an activating group) is 1. The van der Waals surface area contributed by atoms with Crippen molar-refractivity contribution in [2.75, 3.05) is 28.4 Å². The van der Waals surface area contributed by atoms with Gasteiger partial charge in [0.1, 0.15) is 9.49 Å². The summed E-state index contributed by atoms with van der Waals surface area (Å²) in [6.07, 6.45) is 0. The fourth-order valence-corrected chi connectivity index (χ4v) is 9.01. The first-order chi connectivity index (χ1) is 15.6. The van der Waals surface area contributed by atoms with Crippen LogP contribution < -0.4 is 9.80 Å². The second-order valence-corrected chi connectivity index (χ2v) is 11.0. The minimum absolute atomic E-state index is 0.000569. The van der Waals surface area contributed by atoms with Gasteiger partial charge in [-0.05, 0) is 17.7 Å². The summed E-state index contributed by atoms with van der Waals surface area (Å²) in [4.78, 5) is 32.2. The summed E-state index contributed by atoms with van der Waals surface area (Å²) in [5.74, 6) is 1.66. The van der Waals surface area contributed by atoms with Crippen molar-refractivity contribution in [3.8, 4) is 0 Å². The van der Waals surface area contributed by atoms with Crippen LogP contribution in [0.1, 0.15) is 16.7 Å². The standard InChI is InChI=1S/C26H22N2O2S2/c1-27-21-13-7-5-11-19(21)25(23(27)29)26(32-16-15-31-25)20-12-6-8-14-22(20)28(24(26)30)17-18-9-3-2-4-10-18/h2-14H,15-17H2,1H3/t25-,26-/m1/s1. The van der Waals surface area contributed by atoms with E-state index in [-0.39, 0.29) is 11.8 Å². The molecule has 3 aliphatic rings. The van der Waals surface area contributed by atoms with Crippen LogP contribution in [0.3, 0.4) is 0 Å². The molecule has 2 spiro atoms. The molecule has 3 aromatic rings. The van der Waals surface area contributed by atoms with Crippen LogP contribution >= 0.6 is 23.5 Å². The summed E-state index contributed by atoms with van der Waals surface area (Å²) >= 11 is 3.28. The Bertz CT molecular complexity index is 1250. The van der Waals surface area contributed by atoms with Gasteiger partial charge in [-0.1, -0.05) is 66.7 Å². The maximum Gasteiger partial charge on any atom is 0.250 e. The van der Waals surface area contributed by atoms with Crippen LogP contribution in [0.2, 0.25) is 0 Å². The number of para-hydroxylation sites is 2. The second kappa shape index (κ2) is 7.15. The van der Waals surface area contributed by atoms with Crippen molar-refractivity contribution in [3.05, 3.63) is 95.6 Å². The van der Waals surface area contributed by atoms with Gasteiger partial charge in [0, 0.05) is 41.1 Å². The van der Waals surface area contributed by atoms with E-state index in [1.165, 1.54) is 0 Å². The monoisotopic (exact) mass is 458 g/mol. The molecule has 3 heterocycles. The van der Waals surface area contributed by atoms with Crippen molar-refractivity contribution in [3.63, 3.8) is 0 Å². The molecule has 4 nitrogen and oxygen atoms in total. The fourth-order valence-electron chi connectivity index (χ4n) is 5.42. The van der Waals surface area contributed by atoms with Crippen molar-refractivity contribution in [1.82, 2.24) is 0 Å². The highest BCUT2D eigenvalue weighted by atomic mass is 32.2. The van der Waals surface area contributed by atoms with Crippen molar-refractivity contribution >= 4 is 46.7 Å². The number of anilines is 2. The summed E-state index contributed by atoms with van der Waals surface area (Å²) < 4.78 is -1.96. The Morgan fingerprint density at radius 1 is 0.719 bits per heavy atom. The third-order valence-electron chi connectivity index (χ3n) is 6.77. The molecule has 0 N–H and O–H groups in total. The van der Waals surface area contributed by atoms with E-state index in [0.29, 0.717) is 6.54 Å². The maximum atomic E-state index is 14.5. The van der Waals surface area contributed by atoms with Gasteiger partial charge in [0.25, 0.3) is 5.91 Å². The van der Waals surface area contributed by atoms with E-state index in [0.717, 1.165) is 39.6 Å². The van der Waals surface area contributed by atoms with Gasteiger partial charge in [0.15, 0.2) is 0 Å². The molecule has 0 radical (unpaired) electrons. The molecule has 0 saturated carbocycles. The number of fused-ring (bicyclic) bond motifs is 5. The number of amides is 2. The van der Waals surface area contributed by atoms with Crippen LogP contribution in [0.5, 0.6) is 0 Å². The zero-order valence-electron chi connectivity index (χ0n) is 17.7. The first-order valence-electron chi connectivity index (χ1n) is 10.7. The van der Waals surface area contributed by atoms with Gasteiger partial charge in [-0.2, -0.15) is 0 Å². The highest BCUT2D eigenvalue weighted by molar-refractivity contribution is 8.08. The third kappa shape index (κ3) is 2.37. The molecule has 6 rings (SSSR count). The van der Waals surface area contributed by atoms with Crippen LogP contribution in [-0.2, 0) is 25.6 Å². The lowest BCUT2D eigenvalue weighted by atomic mass is 9.80. The van der Waals surface area contributed by atoms with Crippen molar-refractivity contribution < 1.29 is 9.59 Å². The number of hydrogen-bond donors (Lipinski definition) is 0. The molecule has 1 fully saturated rings. The Morgan fingerprint density at radius 3 is 1.94 bits per heavy atom. The first-order valence-corrected chi connectivity index (χ1v) is 12.7. The number of carbonyl (C=O) groups excluding carboxylic acids is 2. The second-order valence-electron chi connectivity index (χ2n) is 8.33. The minimum atomic E-state index is -0.987.